The van der Waals surface area contributed by atoms with Crippen molar-refractivity contribution in [3.8, 4) is 0 Å². The molecule has 55 heavy (non-hydrogen) atoms. The molecule has 0 rings (SSSR count). The van der Waals surface area contributed by atoms with Gasteiger partial charge in [-0.3, -0.25) is 18.6 Å². The molecule has 2 unspecified atom stereocenters. The largest absolute Gasteiger partial charge is 0.472 e. The Balaban J connectivity index is 4.25. The van der Waals surface area contributed by atoms with E-state index in [9.17, 15) is 19.0 Å². The Morgan fingerprint density at radius 2 is 0.982 bits per heavy atom. The summed E-state index contributed by atoms with van der Waals surface area (Å²) in [6.45, 7) is 3.58. The average Bonchev–Trinajstić information content (AvgIpc) is 3.17. The second-order valence-electron chi connectivity index (χ2n) is 14.2. The number of carbonyl (C=O) groups excluding carboxylic acids is 2. The van der Waals surface area contributed by atoms with Gasteiger partial charge in [-0.15, -0.1) is 0 Å². The van der Waals surface area contributed by atoms with Crippen LogP contribution < -0.4 is 5.73 Å². The van der Waals surface area contributed by atoms with Crippen molar-refractivity contribution in [1.82, 2.24) is 0 Å². The van der Waals surface area contributed by atoms with Gasteiger partial charge in [-0.05, 0) is 44.9 Å². The molecule has 9 nitrogen and oxygen atoms in total. The number of allylic oxidation sites excluding steroid dienone is 10. The Kier molecular flexibility index (Phi) is 39.6. The molecule has 0 spiro atoms. The smallest absolute Gasteiger partial charge is 0.462 e. The van der Waals surface area contributed by atoms with Crippen LogP contribution in [0.25, 0.3) is 0 Å². The normalized spacial score (nSPS) is 13.9. The summed E-state index contributed by atoms with van der Waals surface area (Å²) in [5.41, 5.74) is 5.34. The molecule has 0 bridgehead atoms. The van der Waals surface area contributed by atoms with E-state index < -0.39 is 32.5 Å². The van der Waals surface area contributed by atoms with Crippen LogP contribution in [-0.4, -0.2) is 49.3 Å². The highest BCUT2D eigenvalue weighted by Gasteiger charge is 2.25. The van der Waals surface area contributed by atoms with E-state index in [-0.39, 0.29) is 32.6 Å². The maximum absolute atomic E-state index is 12.5. The molecule has 0 aromatic heterocycles. The van der Waals surface area contributed by atoms with Crippen LogP contribution in [0.15, 0.2) is 60.8 Å². The first kappa shape index (κ1) is 52.7. The Morgan fingerprint density at radius 3 is 1.44 bits per heavy atom. The first-order valence-electron chi connectivity index (χ1n) is 21.8. The fraction of sp³-hybridized carbons (Fsp3) is 0.733. The number of esters is 2. The molecule has 10 heteroatoms. The van der Waals surface area contributed by atoms with Crippen molar-refractivity contribution < 1.29 is 37.6 Å². The van der Waals surface area contributed by atoms with Crippen LogP contribution in [0, 0.1) is 0 Å². The van der Waals surface area contributed by atoms with Crippen LogP contribution in [0.5, 0.6) is 0 Å². The summed E-state index contributed by atoms with van der Waals surface area (Å²) in [6, 6.07) is 0. The van der Waals surface area contributed by atoms with Gasteiger partial charge in [0.25, 0.3) is 0 Å². The minimum absolute atomic E-state index is 0.0409. The summed E-state index contributed by atoms with van der Waals surface area (Å²) in [6.07, 6.45) is 48.4. The van der Waals surface area contributed by atoms with E-state index in [1.54, 1.807) is 0 Å². The fourth-order valence-corrected chi connectivity index (χ4v) is 6.45. The van der Waals surface area contributed by atoms with E-state index in [1.807, 2.05) is 12.2 Å². The van der Waals surface area contributed by atoms with Crippen LogP contribution in [0.2, 0.25) is 0 Å². The molecule has 0 aromatic rings. The van der Waals surface area contributed by atoms with Crippen LogP contribution in [0.1, 0.15) is 181 Å². The number of carbonyl (C=O) groups is 2. The molecular formula is C45H80NO8P. The molecular weight excluding hydrogens is 713 g/mol. The van der Waals surface area contributed by atoms with Gasteiger partial charge in [0.05, 0.1) is 13.2 Å². The molecule has 2 atom stereocenters. The first-order chi connectivity index (χ1) is 26.8. The Bertz CT molecular complexity index is 1090. The Hall–Kier alpha value is -2.29. The van der Waals surface area contributed by atoms with Crippen LogP contribution in [0.4, 0.5) is 0 Å². The highest BCUT2D eigenvalue weighted by Crippen LogP contribution is 2.43. The number of ether oxygens (including phenoxy) is 2. The van der Waals surface area contributed by atoms with Gasteiger partial charge in [-0.2, -0.15) is 0 Å². The standard InChI is InChI=1S/C45H80NO8P/c1-3-5-7-9-11-13-15-17-19-21-23-25-27-29-31-33-35-37-44(47)51-41-43(42-53-55(49,50)52-40-39-46)54-45(48)38-36-34-32-30-28-26-24-22-20-18-16-14-12-10-8-6-4-2/h8,10,14,16,20,22,26,28,32,34,43H,3-7,9,11-13,15,17-19,21,23-25,27,29-31,33,35-42,46H2,1-2H3,(H,49,50)/b10-8-,16-14-,22-20-,28-26-,34-32-. The number of phosphoric acid groups is 1. The number of phosphoric ester groups is 1. The molecule has 0 aliphatic carbocycles. The summed E-state index contributed by atoms with van der Waals surface area (Å²) in [7, 11) is -4.40. The van der Waals surface area contributed by atoms with E-state index in [0.717, 1.165) is 51.4 Å². The third kappa shape index (κ3) is 41.2. The van der Waals surface area contributed by atoms with Gasteiger partial charge >= 0.3 is 19.8 Å². The van der Waals surface area contributed by atoms with Gasteiger partial charge in [0, 0.05) is 19.4 Å². The van der Waals surface area contributed by atoms with Crippen molar-refractivity contribution in [2.75, 3.05) is 26.4 Å². The number of hydrogen-bond acceptors (Lipinski definition) is 8. The molecule has 0 radical (unpaired) electrons. The quantitative estimate of drug-likeness (QED) is 0.0269. The molecule has 0 aromatic carbocycles. The third-order valence-electron chi connectivity index (χ3n) is 8.90. The Morgan fingerprint density at radius 1 is 0.545 bits per heavy atom. The highest BCUT2D eigenvalue weighted by molar-refractivity contribution is 7.47. The lowest BCUT2D eigenvalue weighted by molar-refractivity contribution is -0.161. The topological polar surface area (TPSA) is 134 Å². The molecule has 0 aliphatic rings. The molecule has 0 amide bonds. The summed E-state index contributed by atoms with van der Waals surface area (Å²) >= 11 is 0. The lowest BCUT2D eigenvalue weighted by Gasteiger charge is -2.19. The van der Waals surface area contributed by atoms with E-state index in [0.29, 0.717) is 6.42 Å². The SMILES string of the molecule is CCC/C=C\C/C=C\C/C=C\C/C=C\C/C=C\CCC(=O)OC(COC(=O)CCCCCCCCCCCCCCCCCCC)COP(=O)(O)OCCN. The van der Waals surface area contributed by atoms with Crippen LogP contribution in [0.3, 0.4) is 0 Å². The van der Waals surface area contributed by atoms with Gasteiger partial charge in [-0.1, -0.05) is 184 Å². The molecule has 0 aliphatic heterocycles. The summed E-state index contributed by atoms with van der Waals surface area (Å²) in [5, 5.41) is 0. The lowest BCUT2D eigenvalue weighted by Crippen LogP contribution is -2.29. The van der Waals surface area contributed by atoms with Crippen molar-refractivity contribution in [3.05, 3.63) is 60.8 Å². The van der Waals surface area contributed by atoms with E-state index in [1.165, 1.54) is 96.3 Å². The van der Waals surface area contributed by atoms with Crippen LogP contribution in [-0.2, 0) is 32.7 Å². The zero-order chi connectivity index (χ0) is 40.3. The molecule has 0 saturated heterocycles. The number of hydrogen-bond donors (Lipinski definition) is 2. The van der Waals surface area contributed by atoms with Gasteiger partial charge in [0.2, 0.25) is 0 Å². The second-order valence-corrected chi connectivity index (χ2v) is 15.7. The van der Waals surface area contributed by atoms with Crippen molar-refractivity contribution in [3.63, 3.8) is 0 Å². The van der Waals surface area contributed by atoms with Crippen molar-refractivity contribution in [2.45, 2.75) is 187 Å². The predicted molar refractivity (Wildman–Crippen MR) is 229 cm³/mol. The maximum Gasteiger partial charge on any atom is 0.472 e. The predicted octanol–water partition coefficient (Wildman–Crippen LogP) is 12.5. The van der Waals surface area contributed by atoms with E-state index in [2.05, 4.69) is 62.5 Å². The monoisotopic (exact) mass is 794 g/mol. The van der Waals surface area contributed by atoms with Gasteiger partial charge < -0.3 is 20.1 Å². The van der Waals surface area contributed by atoms with Crippen molar-refractivity contribution in [2.24, 2.45) is 5.73 Å². The minimum atomic E-state index is -4.40. The van der Waals surface area contributed by atoms with Gasteiger partial charge in [-0.25, -0.2) is 4.57 Å². The number of unbranched alkanes of at least 4 members (excludes halogenated alkanes) is 17. The van der Waals surface area contributed by atoms with Gasteiger partial charge in [0.15, 0.2) is 6.10 Å². The third-order valence-corrected chi connectivity index (χ3v) is 9.89. The van der Waals surface area contributed by atoms with Crippen molar-refractivity contribution >= 4 is 19.8 Å². The molecule has 3 N–H and O–H groups in total. The molecule has 0 saturated carbocycles. The maximum atomic E-state index is 12.5. The van der Waals surface area contributed by atoms with Crippen molar-refractivity contribution in [1.29, 1.82) is 0 Å². The van der Waals surface area contributed by atoms with Crippen LogP contribution >= 0.6 is 7.82 Å². The van der Waals surface area contributed by atoms with E-state index >= 15 is 0 Å². The Labute approximate surface area is 336 Å². The molecule has 0 fully saturated rings. The fourth-order valence-electron chi connectivity index (χ4n) is 5.68. The minimum Gasteiger partial charge on any atom is -0.462 e. The summed E-state index contributed by atoms with van der Waals surface area (Å²) < 4.78 is 32.7. The zero-order valence-electron chi connectivity index (χ0n) is 34.9. The average molecular weight is 794 g/mol. The van der Waals surface area contributed by atoms with Gasteiger partial charge in [0.1, 0.15) is 6.61 Å². The highest BCUT2D eigenvalue weighted by atomic mass is 31.2. The summed E-state index contributed by atoms with van der Waals surface area (Å²) in [4.78, 5) is 34.8. The first-order valence-corrected chi connectivity index (χ1v) is 23.3. The molecule has 0 heterocycles. The number of rotatable bonds is 40. The zero-order valence-corrected chi connectivity index (χ0v) is 35.8. The molecule has 318 valence electrons. The summed E-state index contributed by atoms with van der Waals surface area (Å²) in [5.74, 6) is -0.924. The van der Waals surface area contributed by atoms with E-state index in [4.69, 9.17) is 24.3 Å². The second kappa shape index (κ2) is 41.3. The lowest BCUT2D eigenvalue weighted by atomic mass is 10.0. The number of nitrogens with two attached hydrogens (primary N) is 1.